The standard InChI is InChI=1S/C24H33FN6O3/c1-27-21(16-22(32)28(2)24(27)34)31-10-5-6-18(17-31)23(33)26-9-11-29-12-14-30(15-13-29)20-8-4-3-7-19(20)25/h3-4,7-8,16,18H,5-6,9-15,17H2,1-2H3,(H,26,33)/t18-/m0/s1. The third-order valence-corrected chi connectivity index (χ3v) is 6.91. The molecule has 0 aliphatic carbocycles. The zero-order valence-electron chi connectivity index (χ0n) is 19.9. The molecule has 0 radical (unpaired) electrons. The molecule has 2 aromatic rings. The van der Waals surface area contributed by atoms with Crippen LogP contribution >= 0.6 is 0 Å². The number of carbonyl (C=O) groups excluding carboxylic acids is 1. The van der Waals surface area contributed by atoms with Gasteiger partial charge in [-0.25, -0.2) is 9.18 Å². The van der Waals surface area contributed by atoms with Gasteiger partial charge in [0.2, 0.25) is 5.91 Å². The molecule has 4 rings (SSSR count). The smallest absolute Gasteiger partial charge is 0.332 e. The van der Waals surface area contributed by atoms with Crippen LogP contribution in [0, 0.1) is 11.7 Å². The van der Waals surface area contributed by atoms with Gasteiger partial charge in [-0.15, -0.1) is 0 Å². The molecule has 1 atom stereocenters. The molecule has 10 heteroatoms. The van der Waals surface area contributed by atoms with E-state index in [0.717, 1.165) is 50.1 Å². The first-order valence-electron chi connectivity index (χ1n) is 11.9. The first-order valence-corrected chi connectivity index (χ1v) is 11.9. The van der Waals surface area contributed by atoms with Crippen LogP contribution < -0.4 is 26.4 Å². The van der Waals surface area contributed by atoms with Gasteiger partial charge in [0, 0.05) is 72.5 Å². The highest BCUT2D eigenvalue weighted by molar-refractivity contribution is 5.79. The number of piperidine rings is 1. The summed E-state index contributed by atoms with van der Waals surface area (Å²) >= 11 is 0. The number of anilines is 2. The van der Waals surface area contributed by atoms with E-state index >= 15 is 0 Å². The van der Waals surface area contributed by atoms with Gasteiger partial charge in [0.15, 0.2) is 0 Å². The van der Waals surface area contributed by atoms with E-state index in [1.165, 1.54) is 23.7 Å². The fourth-order valence-electron chi connectivity index (χ4n) is 4.83. The highest BCUT2D eigenvalue weighted by Gasteiger charge is 2.27. The predicted octanol–water partition coefficient (Wildman–Crippen LogP) is 0.378. The van der Waals surface area contributed by atoms with Gasteiger partial charge < -0.3 is 15.1 Å². The molecule has 3 heterocycles. The minimum absolute atomic E-state index is 0.00327. The second kappa shape index (κ2) is 10.4. The Morgan fingerprint density at radius 2 is 1.76 bits per heavy atom. The molecule has 184 valence electrons. The van der Waals surface area contributed by atoms with Crippen molar-refractivity contribution in [3.63, 3.8) is 0 Å². The van der Waals surface area contributed by atoms with Crippen molar-refractivity contribution in [2.75, 3.05) is 62.2 Å². The van der Waals surface area contributed by atoms with Crippen LogP contribution in [0.15, 0.2) is 39.9 Å². The zero-order chi connectivity index (χ0) is 24.2. The Bertz CT molecular complexity index is 1140. The zero-order valence-corrected chi connectivity index (χ0v) is 19.9. The number of carbonyl (C=O) groups is 1. The lowest BCUT2D eigenvalue weighted by molar-refractivity contribution is -0.125. The van der Waals surface area contributed by atoms with Crippen LogP contribution in [-0.2, 0) is 18.9 Å². The van der Waals surface area contributed by atoms with E-state index in [1.807, 2.05) is 17.0 Å². The molecule has 2 fully saturated rings. The number of hydrogen-bond acceptors (Lipinski definition) is 6. The number of halogens is 1. The van der Waals surface area contributed by atoms with Crippen LogP contribution in [0.3, 0.4) is 0 Å². The van der Waals surface area contributed by atoms with Gasteiger partial charge in [0.25, 0.3) is 5.56 Å². The van der Waals surface area contributed by atoms with Gasteiger partial charge in [-0.05, 0) is 25.0 Å². The molecule has 1 amide bonds. The Morgan fingerprint density at radius 1 is 1.03 bits per heavy atom. The SMILES string of the molecule is Cn1c(N2CCC[C@H](C(=O)NCCN3CCN(c4ccccc4F)CC3)C2)cc(=O)n(C)c1=O. The van der Waals surface area contributed by atoms with Crippen molar-refractivity contribution in [1.29, 1.82) is 0 Å². The molecule has 1 N–H and O–H groups in total. The summed E-state index contributed by atoms with van der Waals surface area (Å²) < 4.78 is 16.6. The lowest BCUT2D eigenvalue weighted by atomic mass is 9.97. The Labute approximate surface area is 198 Å². The Hall–Kier alpha value is -3.14. The second-order valence-electron chi connectivity index (χ2n) is 9.10. The number of aromatic nitrogens is 2. The van der Waals surface area contributed by atoms with Crippen molar-refractivity contribution < 1.29 is 9.18 Å². The van der Waals surface area contributed by atoms with E-state index < -0.39 is 0 Å². The topological polar surface area (TPSA) is 82.8 Å². The maximum absolute atomic E-state index is 14.0. The maximum atomic E-state index is 14.0. The summed E-state index contributed by atoms with van der Waals surface area (Å²) in [7, 11) is 3.10. The van der Waals surface area contributed by atoms with Gasteiger partial charge in [0.05, 0.1) is 11.6 Å². The van der Waals surface area contributed by atoms with Crippen molar-refractivity contribution in [3.05, 3.63) is 57.0 Å². The molecule has 9 nitrogen and oxygen atoms in total. The van der Waals surface area contributed by atoms with Crippen molar-refractivity contribution >= 4 is 17.4 Å². The summed E-state index contributed by atoms with van der Waals surface area (Å²) in [6.45, 7) is 5.63. The van der Waals surface area contributed by atoms with Crippen LogP contribution in [0.2, 0.25) is 0 Å². The molecule has 0 saturated carbocycles. The van der Waals surface area contributed by atoms with Crippen LogP contribution in [0.5, 0.6) is 0 Å². The summed E-state index contributed by atoms with van der Waals surface area (Å²) in [4.78, 5) is 43.5. The van der Waals surface area contributed by atoms with E-state index in [1.54, 1.807) is 13.1 Å². The summed E-state index contributed by atoms with van der Waals surface area (Å²) in [6, 6.07) is 8.31. The first-order chi connectivity index (χ1) is 16.3. The van der Waals surface area contributed by atoms with Crippen LogP contribution in [0.25, 0.3) is 0 Å². The third kappa shape index (κ3) is 5.16. The molecular formula is C24H33FN6O3. The minimum atomic E-state index is -0.371. The monoisotopic (exact) mass is 472 g/mol. The number of benzene rings is 1. The molecule has 0 spiro atoms. The molecule has 0 unspecified atom stereocenters. The van der Waals surface area contributed by atoms with Gasteiger partial charge in [-0.3, -0.25) is 23.6 Å². The number of nitrogens with one attached hydrogen (secondary N) is 1. The first kappa shape index (κ1) is 24.0. The average Bonchev–Trinajstić information content (AvgIpc) is 2.86. The number of hydrogen-bond donors (Lipinski definition) is 1. The number of para-hydroxylation sites is 1. The predicted molar refractivity (Wildman–Crippen MR) is 130 cm³/mol. The summed E-state index contributed by atoms with van der Waals surface area (Å²) in [6.07, 6.45) is 1.60. The molecule has 1 aromatic heterocycles. The quantitative estimate of drug-likeness (QED) is 0.655. The van der Waals surface area contributed by atoms with Crippen LogP contribution in [0.1, 0.15) is 12.8 Å². The Balaban J connectivity index is 1.25. The molecule has 2 aliphatic heterocycles. The van der Waals surface area contributed by atoms with Crippen LogP contribution in [0.4, 0.5) is 15.9 Å². The number of nitrogens with zero attached hydrogens (tertiary/aromatic N) is 5. The third-order valence-electron chi connectivity index (χ3n) is 6.91. The van der Waals surface area contributed by atoms with Gasteiger partial charge in [-0.1, -0.05) is 12.1 Å². The van der Waals surface area contributed by atoms with Crippen molar-refractivity contribution in [2.24, 2.45) is 20.0 Å². The normalized spacial score (nSPS) is 19.3. The maximum Gasteiger partial charge on any atom is 0.332 e. The largest absolute Gasteiger partial charge is 0.367 e. The summed E-state index contributed by atoms with van der Waals surface area (Å²) in [5.41, 5.74) is -0.0741. The summed E-state index contributed by atoms with van der Waals surface area (Å²) in [5.74, 6) is 0.174. The Kier molecular flexibility index (Phi) is 7.35. The van der Waals surface area contributed by atoms with Crippen molar-refractivity contribution in [1.82, 2.24) is 19.4 Å². The number of amides is 1. The van der Waals surface area contributed by atoms with E-state index in [2.05, 4.69) is 15.1 Å². The molecule has 34 heavy (non-hydrogen) atoms. The van der Waals surface area contributed by atoms with E-state index in [9.17, 15) is 18.8 Å². The lowest BCUT2D eigenvalue weighted by Crippen LogP contribution is -2.50. The molecule has 2 saturated heterocycles. The van der Waals surface area contributed by atoms with E-state index in [4.69, 9.17) is 0 Å². The highest BCUT2D eigenvalue weighted by atomic mass is 19.1. The molecule has 0 bridgehead atoms. The van der Waals surface area contributed by atoms with E-state index in [0.29, 0.717) is 31.1 Å². The fraction of sp³-hybridized carbons (Fsp3) is 0.542. The number of rotatable bonds is 6. The Morgan fingerprint density at radius 3 is 2.50 bits per heavy atom. The molecule has 2 aliphatic rings. The minimum Gasteiger partial charge on any atom is -0.367 e. The molecular weight excluding hydrogens is 439 g/mol. The summed E-state index contributed by atoms with van der Waals surface area (Å²) in [5, 5.41) is 3.05. The van der Waals surface area contributed by atoms with Gasteiger partial charge in [-0.2, -0.15) is 0 Å². The highest BCUT2D eigenvalue weighted by Crippen LogP contribution is 2.22. The fourth-order valence-corrected chi connectivity index (χ4v) is 4.83. The average molecular weight is 473 g/mol. The molecule has 1 aromatic carbocycles. The lowest BCUT2D eigenvalue weighted by Gasteiger charge is -2.36. The van der Waals surface area contributed by atoms with E-state index in [-0.39, 0.29) is 28.9 Å². The van der Waals surface area contributed by atoms with Gasteiger partial charge in [0.1, 0.15) is 11.6 Å². The van der Waals surface area contributed by atoms with Gasteiger partial charge >= 0.3 is 5.69 Å². The number of piperazine rings is 1. The van der Waals surface area contributed by atoms with Crippen LogP contribution in [-0.4, -0.2) is 72.3 Å². The van der Waals surface area contributed by atoms with Crippen molar-refractivity contribution in [2.45, 2.75) is 12.8 Å². The van der Waals surface area contributed by atoms with Crippen molar-refractivity contribution in [3.8, 4) is 0 Å². The second-order valence-corrected chi connectivity index (χ2v) is 9.10.